The molecule has 0 aromatic heterocycles. The zero-order chi connectivity index (χ0) is 19.8. The zero-order valence-corrected chi connectivity index (χ0v) is 16.3. The van der Waals surface area contributed by atoms with Gasteiger partial charge in [-0.25, -0.2) is 4.39 Å². The van der Waals surface area contributed by atoms with Gasteiger partial charge < -0.3 is 15.8 Å². The van der Waals surface area contributed by atoms with Crippen molar-refractivity contribution in [2.75, 3.05) is 13.7 Å². The van der Waals surface area contributed by atoms with Crippen LogP contribution in [0.15, 0.2) is 53.0 Å². The van der Waals surface area contributed by atoms with Crippen LogP contribution in [0.4, 0.5) is 4.39 Å². The molecule has 2 amide bonds. The number of primary amides is 1. The maximum Gasteiger partial charge on any atom is 0.244 e. The van der Waals surface area contributed by atoms with Gasteiger partial charge in [-0.3, -0.25) is 9.59 Å². The minimum atomic E-state index is -0.590. The Morgan fingerprint density at radius 3 is 2.59 bits per heavy atom. The molecule has 2 aromatic rings. The lowest BCUT2D eigenvalue weighted by molar-refractivity contribution is -0.122. The standard InChI is InChI=1S/C20H20BrFN2O3/c1-27-18-8-5-16(21)11-14(18)4-9-19(25)24-12-15(20(23)26)10-13-2-6-17(22)7-3-13/h2-9,11,15H,10,12H2,1H3,(H2,23,26)(H,24,25)/b9-4+. The first-order chi connectivity index (χ1) is 12.9. The first-order valence-electron chi connectivity index (χ1n) is 8.22. The van der Waals surface area contributed by atoms with E-state index in [0.717, 1.165) is 15.6 Å². The Balaban J connectivity index is 1.96. The largest absolute Gasteiger partial charge is 0.496 e. The third kappa shape index (κ3) is 6.53. The molecule has 2 rings (SSSR count). The summed E-state index contributed by atoms with van der Waals surface area (Å²) in [5.41, 5.74) is 6.92. The van der Waals surface area contributed by atoms with Crippen molar-refractivity contribution in [1.29, 1.82) is 0 Å². The lowest BCUT2D eigenvalue weighted by atomic mass is 9.98. The molecule has 7 heteroatoms. The van der Waals surface area contributed by atoms with Crippen molar-refractivity contribution in [2.24, 2.45) is 11.7 Å². The molecule has 3 N–H and O–H groups in total. The van der Waals surface area contributed by atoms with Crippen LogP contribution in [0.2, 0.25) is 0 Å². The zero-order valence-electron chi connectivity index (χ0n) is 14.7. The van der Waals surface area contributed by atoms with E-state index in [1.54, 1.807) is 31.4 Å². The van der Waals surface area contributed by atoms with E-state index >= 15 is 0 Å². The molecular formula is C20H20BrFN2O3. The number of benzene rings is 2. The number of nitrogens with one attached hydrogen (secondary N) is 1. The number of methoxy groups -OCH3 is 1. The predicted octanol–water partition coefficient (Wildman–Crippen LogP) is 3.07. The van der Waals surface area contributed by atoms with Gasteiger partial charge in [0.25, 0.3) is 0 Å². The van der Waals surface area contributed by atoms with Crippen molar-refractivity contribution in [3.05, 3.63) is 70.0 Å². The van der Waals surface area contributed by atoms with Gasteiger partial charge in [0.2, 0.25) is 11.8 Å². The van der Waals surface area contributed by atoms with E-state index in [1.165, 1.54) is 18.2 Å². The quantitative estimate of drug-likeness (QED) is 0.626. The van der Waals surface area contributed by atoms with Gasteiger partial charge in [-0.1, -0.05) is 28.1 Å². The van der Waals surface area contributed by atoms with Crippen LogP contribution < -0.4 is 15.8 Å². The van der Waals surface area contributed by atoms with Crippen LogP contribution in [-0.2, 0) is 16.0 Å². The number of amides is 2. The maximum atomic E-state index is 13.0. The Labute approximate surface area is 165 Å². The van der Waals surface area contributed by atoms with Crippen molar-refractivity contribution in [2.45, 2.75) is 6.42 Å². The summed E-state index contributed by atoms with van der Waals surface area (Å²) in [4.78, 5) is 23.7. The first-order valence-corrected chi connectivity index (χ1v) is 9.01. The van der Waals surface area contributed by atoms with Crippen molar-refractivity contribution in [1.82, 2.24) is 5.32 Å². The summed E-state index contributed by atoms with van der Waals surface area (Å²) in [5, 5.41) is 2.66. The SMILES string of the molecule is COc1ccc(Br)cc1/C=C/C(=O)NCC(Cc1ccc(F)cc1)C(N)=O. The van der Waals surface area contributed by atoms with Crippen LogP contribution in [0, 0.1) is 11.7 Å². The van der Waals surface area contributed by atoms with Gasteiger partial charge in [0, 0.05) is 22.7 Å². The molecule has 0 saturated carbocycles. The molecule has 5 nitrogen and oxygen atoms in total. The molecule has 0 radical (unpaired) electrons. The average molecular weight is 435 g/mol. The van der Waals surface area contributed by atoms with Gasteiger partial charge >= 0.3 is 0 Å². The first kappa shape index (κ1) is 20.6. The monoisotopic (exact) mass is 434 g/mol. The van der Waals surface area contributed by atoms with Gasteiger partial charge in [-0.2, -0.15) is 0 Å². The van der Waals surface area contributed by atoms with E-state index in [-0.39, 0.29) is 18.3 Å². The molecule has 27 heavy (non-hydrogen) atoms. The number of carbonyl (C=O) groups is 2. The van der Waals surface area contributed by atoms with Crippen LogP contribution in [0.3, 0.4) is 0 Å². The number of carbonyl (C=O) groups excluding carboxylic acids is 2. The molecule has 0 aliphatic heterocycles. The molecule has 0 aliphatic carbocycles. The van der Waals surface area contributed by atoms with Crippen molar-refractivity contribution >= 4 is 33.8 Å². The molecule has 2 aromatic carbocycles. The van der Waals surface area contributed by atoms with E-state index in [4.69, 9.17) is 10.5 Å². The number of hydrogen-bond acceptors (Lipinski definition) is 3. The van der Waals surface area contributed by atoms with Crippen molar-refractivity contribution in [3.8, 4) is 5.75 Å². The van der Waals surface area contributed by atoms with Gasteiger partial charge in [0.15, 0.2) is 0 Å². The van der Waals surface area contributed by atoms with E-state index in [9.17, 15) is 14.0 Å². The molecule has 0 bridgehead atoms. The van der Waals surface area contributed by atoms with E-state index in [2.05, 4.69) is 21.2 Å². The Morgan fingerprint density at radius 1 is 1.26 bits per heavy atom. The number of nitrogens with two attached hydrogens (primary N) is 1. The van der Waals surface area contributed by atoms with Crippen LogP contribution in [0.5, 0.6) is 5.75 Å². The lowest BCUT2D eigenvalue weighted by Crippen LogP contribution is -2.36. The molecule has 0 heterocycles. The minimum Gasteiger partial charge on any atom is -0.496 e. The molecule has 0 aliphatic rings. The molecular weight excluding hydrogens is 415 g/mol. The van der Waals surface area contributed by atoms with E-state index in [0.29, 0.717) is 12.2 Å². The minimum absolute atomic E-state index is 0.0888. The summed E-state index contributed by atoms with van der Waals surface area (Å²) < 4.78 is 19.1. The van der Waals surface area contributed by atoms with E-state index < -0.39 is 11.8 Å². The van der Waals surface area contributed by atoms with Crippen LogP contribution in [0.1, 0.15) is 11.1 Å². The highest BCUT2D eigenvalue weighted by atomic mass is 79.9. The second kappa shape index (κ2) is 9.87. The number of halogens is 2. The Kier molecular flexibility index (Phi) is 7.55. The lowest BCUT2D eigenvalue weighted by Gasteiger charge is -2.14. The number of rotatable bonds is 8. The third-order valence-electron chi connectivity index (χ3n) is 3.93. The highest BCUT2D eigenvalue weighted by Gasteiger charge is 2.16. The fourth-order valence-electron chi connectivity index (χ4n) is 2.46. The van der Waals surface area contributed by atoms with Crippen LogP contribution in [-0.4, -0.2) is 25.5 Å². The summed E-state index contributed by atoms with van der Waals surface area (Å²) in [6.45, 7) is 0.0888. The summed E-state index contributed by atoms with van der Waals surface area (Å²) in [7, 11) is 1.55. The summed E-state index contributed by atoms with van der Waals surface area (Å²) in [5.74, 6) is -1.20. The molecule has 142 valence electrons. The van der Waals surface area contributed by atoms with Gasteiger partial charge in [0.05, 0.1) is 13.0 Å². The topological polar surface area (TPSA) is 81.4 Å². The fourth-order valence-corrected chi connectivity index (χ4v) is 2.84. The Bertz CT molecular complexity index is 838. The molecule has 0 saturated heterocycles. The van der Waals surface area contributed by atoms with Crippen molar-refractivity contribution < 1.29 is 18.7 Å². The summed E-state index contributed by atoms with van der Waals surface area (Å²) in [6, 6.07) is 11.3. The second-order valence-corrected chi connectivity index (χ2v) is 6.81. The Hall–Kier alpha value is -2.67. The van der Waals surface area contributed by atoms with E-state index in [1.807, 2.05) is 12.1 Å². The van der Waals surface area contributed by atoms with Gasteiger partial charge in [0.1, 0.15) is 11.6 Å². The molecule has 1 atom stereocenters. The molecule has 0 fully saturated rings. The fraction of sp³-hybridized carbons (Fsp3) is 0.200. The van der Waals surface area contributed by atoms with Gasteiger partial charge in [-0.05, 0) is 48.4 Å². The van der Waals surface area contributed by atoms with Crippen LogP contribution >= 0.6 is 15.9 Å². The maximum absolute atomic E-state index is 13.0. The summed E-state index contributed by atoms with van der Waals surface area (Å²) in [6.07, 6.45) is 3.30. The average Bonchev–Trinajstić information content (AvgIpc) is 2.64. The molecule has 0 spiro atoms. The number of hydrogen-bond donors (Lipinski definition) is 2. The number of ether oxygens (including phenoxy) is 1. The van der Waals surface area contributed by atoms with Crippen molar-refractivity contribution in [3.63, 3.8) is 0 Å². The van der Waals surface area contributed by atoms with Gasteiger partial charge in [-0.15, -0.1) is 0 Å². The Morgan fingerprint density at radius 2 is 1.96 bits per heavy atom. The highest BCUT2D eigenvalue weighted by molar-refractivity contribution is 9.10. The highest BCUT2D eigenvalue weighted by Crippen LogP contribution is 2.24. The molecule has 1 unspecified atom stereocenters. The normalized spacial score (nSPS) is 12.0. The third-order valence-corrected chi connectivity index (χ3v) is 4.42. The summed E-state index contributed by atoms with van der Waals surface area (Å²) >= 11 is 3.37. The smallest absolute Gasteiger partial charge is 0.244 e. The van der Waals surface area contributed by atoms with Crippen LogP contribution in [0.25, 0.3) is 6.08 Å². The predicted molar refractivity (Wildman–Crippen MR) is 106 cm³/mol. The second-order valence-electron chi connectivity index (χ2n) is 5.89.